The van der Waals surface area contributed by atoms with Crippen LogP contribution in [-0.2, 0) is 0 Å². The molecule has 0 heterocycles. The van der Waals surface area contributed by atoms with Crippen LogP contribution in [0, 0.1) is 21.8 Å². The van der Waals surface area contributed by atoms with Crippen LogP contribution < -0.4 is 4.90 Å². The van der Waals surface area contributed by atoms with E-state index in [1.54, 1.807) is 6.07 Å². The Morgan fingerprint density at radius 3 is 2.67 bits per heavy atom. The van der Waals surface area contributed by atoms with Gasteiger partial charge in [-0.2, -0.15) is 4.39 Å². The van der Waals surface area contributed by atoms with E-state index in [2.05, 4.69) is 0 Å². The van der Waals surface area contributed by atoms with Gasteiger partial charge in [-0.3, -0.25) is 10.1 Å². The van der Waals surface area contributed by atoms with Crippen LogP contribution in [-0.4, -0.2) is 17.5 Å². The number of hydrogen-bond acceptors (Lipinski definition) is 3. The first-order chi connectivity index (χ1) is 8.50. The van der Waals surface area contributed by atoms with Gasteiger partial charge in [-0.15, -0.1) is 0 Å². The molecule has 0 bridgehead atoms. The molecular formula is C13H17FN2O2. The van der Waals surface area contributed by atoms with Crippen molar-refractivity contribution in [2.24, 2.45) is 5.92 Å². The Bertz CT molecular complexity index is 458. The molecule has 0 aliphatic heterocycles. The minimum Gasteiger partial charge on any atom is -0.363 e. The Morgan fingerprint density at radius 1 is 1.50 bits per heavy atom. The maximum absolute atomic E-state index is 13.6. The minimum atomic E-state index is -0.765. The summed E-state index contributed by atoms with van der Waals surface area (Å²) in [7, 11) is 0. The maximum Gasteiger partial charge on any atom is 0.327 e. The third kappa shape index (κ3) is 2.60. The van der Waals surface area contributed by atoms with E-state index < -0.39 is 16.4 Å². The summed E-state index contributed by atoms with van der Waals surface area (Å²) in [6, 6.07) is 4.41. The number of para-hydroxylation sites is 1. The topological polar surface area (TPSA) is 46.4 Å². The second-order valence-corrected chi connectivity index (χ2v) is 5.05. The van der Waals surface area contributed by atoms with Gasteiger partial charge in [0.15, 0.2) is 0 Å². The zero-order chi connectivity index (χ0) is 13.3. The highest BCUT2D eigenvalue weighted by Crippen LogP contribution is 2.36. The number of hydrogen-bond donors (Lipinski definition) is 0. The van der Waals surface area contributed by atoms with Crippen molar-refractivity contribution in [2.45, 2.75) is 32.7 Å². The number of nitrogens with zero attached hydrogens (tertiary/aromatic N) is 2. The van der Waals surface area contributed by atoms with Crippen LogP contribution in [0.5, 0.6) is 0 Å². The lowest BCUT2D eigenvalue weighted by Gasteiger charge is -2.28. The first-order valence-corrected chi connectivity index (χ1v) is 6.20. The zero-order valence-corrected chi connectivity index (χ0v) is 10.6. The summed E-state index contributed by atoms with van der Waals surface area (Å²) in [5.74, 6) is -0.172. The SMILES string of the molecule is CC(C)N(CC1CC1)c1cccc(F)c1[N+](=O)[O-]. The fraction of sp³-hybridized carbons (Fsp3) is 0.538. The number of nitro groups is 1. The monoisotopic (exact) mass is 252 g/mol. The maximum atomic E-state index is 13.6. The van der Waals surface area contributed by atoms with Gasteiger partial charge in [-0.05, 0) is 44.7 Å². The Balaban J connectivity index is 2.39. The molecule has 98 valence electrons. The third-order valence-corrected chi connectivity index (χ3v) is 3.23. The van der Waals surface area contributed by atoms with E-state index >= 15 is 0 Å². The fourth-order valence-electron chi connectivity index (χ4n) is 2.08. The largest absolute Gasteiger partial charge is 0.363 e. The number of rotatable bonds is 5. The molecule has 1 fully saturated rings. The van der Waals surface area contributed by atoms with Gasteiger partial charge in [0.25, 0.3) is 0 Å². The van der Waals surface area contributed by atoms with E-state index in [4.69, 9.17) is 0 Å². The van der Waals surface area contributed by atoms with E-state index in [9.17, 15) is 14.5 Å². The summed E-state index contributed by atoms with van der Waals surface area (Å²) >= 11 is 0. The van der Waals surface area contributed by atoms with Crippen molar-refractivity contribution in [2.75, 3.05) is 11.4 Å². The average molecular weight is 252 g/mol. The number of anilines is 1. The van der Waals surface area contributed by atoms with Gasteiger partial charge in [0.2, 0.25) is 5.82 Å². The van der Waals surface area contributed by atoms with Crippen LogP contribution >= 0.6 is 0 Å². The van der Waals surface area contributed by atoms with Gasteiger partial charge in [-0.1, -0.05) is 6.07 Å². The predicted octanol–water partition coefficient (Wildman–Crippen LogP) is 3.36. The molecule has 1 saturated carbocycles. The van der Waals surface area contributed by atoms with E-state index in [1.165, 1.54) is 6.07 Å². The van der Waals surface area contributed by atoms with Crippen LogP contribution in [0.25, 0.3) is 0 Å². The van der Waals surface area contributed by atoms with Crippen molar-refractivity contribution < 1.29 is 9.31 Å². The van der Waals surface area contributed by atoms with Gasteiger partial charge in [0, 0.05) is 12.6 Å². The Morgan fingerprint density at radius 2 is 2.17 bits per heavy atom. The smallest absolute Gasteiger partial charge is 0.327 e. The molecule has 4 nitrogen and oxygen atoms in total. The molecule has 0 atom stereocenters. The van der Waals surface area contributed by atoms with Crippen LogP contribution in [0.3, 0.4) is 0 Å². The van der Waals surface area contributed by atoms with E-state index in [0.717, 1.165) is 25.5 Å². The van der Waals surface area contributed by atoms with Gasteiger partial charge in [0.1, 0.15) is 5.69 Å². The highest BCUT2D eigenvalue weighted by molar-refractivity contribution is 5.64. The van der Waals surface area contributed by atoms with Crippen LogP contribution in [0.4, 0.5) is 15.8 Å². The van der Waals surface area contributed by atoms with Gasteiger partial charge >= 0.3 is 5.69 Å². The predicted molar refractivity (Wildman–Crippen MR) is 68.3 cm³/mol. The highest BCUT2D eigenvalue weighted by Gasteiger charge is 2.30. The van der Waals surface area contributed by atoms with Crippen molar-refractivity contribution in [1.29, 1.82) is 0 Å². The van der Waals surface area contributed by atoms with E-state index in [0.29, 0.717) is 11.6 Å². The normalized spacial score (nSPS) is 14.9. The van der Waals surface area contributed by atoms with Crippen LogP contribution in [0.15, 0.2) is 18.2 Å². The van der Waals surface area contributed by atoms with Crippen molar-refractivity contribution in [3.8, 4) is 0 Å². The summed E-state index contributed by atoms with van der Waals surface area (Å²) in [6.45, 7) is 4.70. The zero-order valence-electron chi connectivity index (χ0n) is 10.6. The second kappa shape index (κ2) is 4.92. The van der Waals surface area contributed by atoms with Gasteiger partial charge in [0.05, 0.1) is 4.92 Å². The molecule has 0 radical (unpaired) electrons. The van der Waals surface area contributed by atoms with E-state index in [1.807, 2.05) is 18.7 Å². The third-order valence-electron chi connectivity index (χ3n) is 3.23. The second-order valence-electron chi connectivity index (χ2n) is 5.05. The summed E-state index contributed by atoms with van der Waals surface area (Å²) in [5.41, 5.74) is -0.0197. The first kappa shape index (κ1) is 12.8. The summed E-state index contributed by atoms with van der Waals surface area (Å²) < 4.78 is 13.6. The van der Waals surface area contributed by atoms with Crippen molar-refractivity contribution in [1.82, 2.24) is 0 Å². The summed E-state index contributed by atoms with van der Waals surface area (Å²) in [6.07, 6.45) is 2.32. The quantitative estimate of drug-likeness (QED) is 0.596. The lowest BCUT2D eigenvalue weighted by molar-refractivity contribution is -0.386. The number of nitro benzene ring substituents is 1. The Labute approximate surface area is 106 Å². The lowest BCUT2D eigenvalue weighted by Crippen LogP contribution is -2.33. The van der Waals surface area contributed by atoms with Crippen molar-refractivity contribution in [3.05, 3.63) is 34.1 Å². The van der Waals surface area contributed by atoms with Gasteiger partial charge < -0.3 is 4.90 Å². The molecule has 0 unspecified atom stereocenters. The molecule has 1 aromatic rings. The molecule has 0 aromatic heterocycles. The molecule has 0 N–H and O–H groups in total. The summed E-state index contributed by atoms with van der Waals surface area (Å²) in [5, 5.41) is 11.0. The van der Waals surface area contributed by atoms with Crippen molar-refractivity contribution >= 4 is 11.4 Å². The summed E-state index contributed by atoms with van der Waals surface area (Å²) in [4.78, 5) is 12.3. The molecule has 18 heavy (non-hydrogen) atoms. The molecule has 1 aromatic carbocycles. The molecule has 2 rings (SSSR count). The Hall–Kier alpha value is -1.65. The molecule has 1 aliphatic carbocycles. The van der Waals surface area contributed by atoms with E-state index in [-0.39, 0.29) is 6.04 Å². The van der Waals surface area contributed by atoms with Crippen molar-refractivity contribution in [3.63, 3.8) is 0 Å². The minimum absolute atomic E-state index is 0.117. The standard InChI is InChI=1S/C13H17FN2O2/c1-9(2)15(8-10-6-7-10)12-5-3-4-11(14)13(12)16(17)18/h3-5,9-10H,6-8H2,1-2H3. The Kier molecular flexibility index (Phi) is 3.50. The van der Waals surface area contributed by atoms with Gasteiger partial charge in [-0.25, -0.2) is 0 Å². The average Bonchev–Trinajstić information content (AvgIpc) is 3.08. The molecule has 0 spiro atoms. The highest BCUT2D eigenvalue weighted by atomic mass is 19.1. The lowest BCUT2D eigenvalue weighted by atomic mass is 10.2. The van der Waals surface area contributed by atoms with Crippen LogP contribution in [0.1, 0.15) is 26.7 Å². The number of benzene rings is 1. The molecule has 5 heteroatoms. The van der Waals surface area contributed by atoms with Crippen LogP contribution in [0.2, 0.25) is 0 Å². The fourth-order valence-corrected chi connectivity index (χ4v) is 2.08. The first-order valence-electron chi connectivity index (χ1n) is 6.20. The molecule has 0 saturated heterocycles. The number of halogens is 1. The molecule has 1 aliphatic rings. The molecular weight excluding hydrogens is 235 g/mol. The molecule has 0 amide bonds.